The first-order valence-electron chi connectivity index (χ1n) is 8.02. The van der Waals surface area contributed by atoms with E-state index in [1.807, 2.05) is 6.92 Å². The quantitative estimate of drug-likeness (QED) is 0.581. The fourth-order valence-electron chi connectivity index (χ4n) is 3.25. The Morgan fingerprint density at radius 1 is 1.20 bits per heavy atom. The van der Waals surface area contributed by atoms with Gasteiger partial charge in [0.1, 0.15) is 0 Å². The molecule has 0 bridgehead atoms. The van der Waals surface area contributed by atoms with Gasteiger partial charge in [0.2, 0.25) is 0 Å². The maximum atomic E-state index is 11.9. The Kier molecular flexibility index (Phi) is 4.37. The van der Waals surface area contributed by atoms with E-state index >= 15 is 0 Å². The fraction of sp³-hybridized carbons (Fsp3) is 0.938. The normalized spacial score (nSPS) is 33.5. The molecule has 20 heavy (non-hydrogen) atoms. The van der Waals surface area contributed by atoms with Gasteiger partial charge in [-0.05, 0) is 56.2 Å². The van der Waals surface area contributed by atoms with Gasteiger partial charge in [-0.15, -0.1) is 0 Å². The van der Waals surface area contributed by atoms with E-state index in [0.29, 0.717) is 24.5 Å². The SMILES string of the molecule is CCOC(=O)C1C2CCC(O[Si](C)(C)C(C)(C)C)CC21. The van der Waals surface area contributed by atoms with Gasteiger partial charge in [0.05, 0.1) is 12.5 Å². The number of carbonyl (C=O) groups is 1. The summed E-state index contributed by atoms with van der Waals surface area (Å²) in [5.41, 5.74) is 0. The molecule has 0 spiro atoms. The Hall–Kier alpha value is -0.353. The number of carbonyl (C=O) groups excluding carboxylic acids is 1. The van der Waals surface area contributed by atoms with Crippen LogP contribution in [-0.2, 0) is 14.0 Å². The van der Waals surface area contributed by atoms with Crippen molar-refractivity contribution in [2.75, 3.05) is 6.61 Å². The van der Waals surface area contributed by atoms with Crippen molar-refractivity contribution in [3.63, 3.8) is 0 Å². The zero-order chi connectivity index (χ0) is 15.1. The zero-order valence-corrected chi connectivity index (χ0v) is 14.9. The van der Waals surface area contributed by atoms with Gasteiger partial charge in [-0.25, -0.2) is 0 Å². The van der Waals surface area contributed by atoms with Crippen LogP contribution in [0.1, 0.15) is 47.0 Å². The highest BCUT2D eigenvalue weighted by molar-refractivity contribution is 6.74. The first kappa shape index (κ1) is 16.0. The van der Waals surface area contributed by atoms with Crippen LogP contribution in [0.15, 0.2) is 0 Å². The summed E-state index contributed by atoms with van der Waals surface area (Å²) >= 11 is 0. The molecule has 2 fully saturated rings. The van der Waals surface area contributed by atoms with Gasteiger partial charge >= 0.3 is 5.97 Å². The van der Waals surface area contributed by atoms with Crippen molar-refractivity contribution in [3.8, 4) is 0 Å². The summed E-state index contributed by atoms with van der Waals surface area (Å²) in [6.45, 7) is 13.9. The predicted octanol–water partition coefficient (Wildman–Crippen LogP) is 3.99. The van der Waals surface area contributed by atoms with Crippen LogP contribution < -0.4 is 0 Å². The summed E-state index contributed by atoms with van der Waals surface area (Å²) in [7, 11) is -1.68. The Balaban J connectivity index is 1.89. The molecule has 4 heteroatoms. The van der Waals surface area contributed by atoms with Crippen LogP contribution in [0, 0.1) is 17.8 Å². The molecular weight excluding hydrogens is 268 g/mol. The summed E-state index contributed by atoms with van der Waals surface area (Å²) in [6, 6.07) is 0. The standard InChI is InChI=1S/C16H30O3Si/c1-7-18-15(17)14-12-9-8-11(10-13(12)14)19-20(5,6)16(2,3)4/h11-14H,7-10H2,1-6H3. The monoisotopic (exact) mass is 298 g/mol. The fourth-order valence-corrected chi connectivity index (χ4v) is 4.65. The lowest BCUT2D eigenvalue weighted by atomic mass is 9.98. The van der Waals surface area contributed by atoms with Crippen LogP contribution in [0.3, 0.4) is 0 Å². The van der Waals surface area contributed by atoms with Crippen LogP contribution in [0.25, 0.3) is 0 Å². The lowest BCUT2D eigenvalue weighted by Gasteiger charge is -2.40. The van der Waals surface area contributed by atoms with Crippen LogP contribution >= 0.6 is 0 Å². The number of ether oxygens (including phenoxy) is 1. The molecule has 0 radical (unpaired) electrons. The molecule has 0 N–H and O–H groups in total. The van der Waals surface area contributed by atoms with Crippen molar-refractivity contribution < 1.29 is 14.0 Å². The van der Waals surface area contributed by atoms with E-state index in [9.17, 15) is 4.79 Å². The summed E-state index contributed by atoms with van der Waals surface area (Å²) in [5, 5.41) is 0.258. The third kappa shape index (κ3) is 3.11. The molecule has 2 rings (SSSR count). The molecule has 0 aromatic rings. The van der Waals surface area contributed by atoms with Gasteiger partial charge in [0.15, 0.2) is 8.32 Å². The van der Waals surface area contributed by atoms with Crippen LogP contribution in [0.5, 0.6) is 0 Å². The minimum atomic E-state index is -1.68. The zero-order valence-electron chi connectivity index (χ0n) is 13.9. The summed E-state index contributed by atoms with van der Waals surface area (Å²) in [5.74, 6) is 1.30. The minimum absolute atomic E-state index is 0.0236. The second kappa shape index (κ2) is 5.45. The van der Waals surface area contributed by atoms with Gasteiger partial charge in [0.25, 0.3) is 0 Å². The van der Waals surface area contributed by atoms with E-state index in [-0.39, 0.29) is 16.9 Å². The summed E-state index contributed by atoms with van der Waals surface area (Å²) in [4.78, 5) is 11.9. The Labute approximate surface area is 124 Å². The first-order chi connectivity index (χ1) is 9.17. The van der Waals surface area contributed by atoms with Gasteiger partial charge in [-0.1, -0.05) is 20.8 Å². The lowest BCUT2D eigenvalue weighted by Crippen LogP contribution is -2.44. The summed E-state index contributed by atoms with van der Waals surface area (Å²) < 4.78 is 11.7. The molecule has 0 aliphatic heterocycles. The van der Waals surface area contributed by atoms with E-state index in [1.54, 1.807) is 0 Å². The molecule has 3 nitrogen and oxygen atoms in total. The van der Waals surface area contributed by atoms with Gasteiger partial charge in [-0.2, -0.15) is 0 Å². The second-order valence-electron chi connectivity index (χ2n) is 7.92. The molecule has 0 heterocycles. The van der Waals surface area contributed by atoms with Crippen LogP contribution in [-0.4, -0.2) is 27.0 Å². The molecule has 2 aliphatic rings. The van der Waals surface area contributed by atoms with Crippen LogP contribution in [0.4, 0.5) is 0 Å². The average Bonchev–Trinajstić information content (AvgIpc) is 3.00. The minimum Gasteiger partial charge on any atom is -0.466 e. The smallest absolute Gasteiger partial charge is 0.309 e. The van der Waals surface area contributed by atoms with E-state index in [1.165, 1.54) is 0 Å². The van der Waals surface area contributed by atoms with Crippen molar-refractivity contribution >= 4 is 14.3 Å². The van der Waals surface area contributed by atoms with Crippen molar-refractivity contribution in [1.29, 1.82) is 0 Å². The first-order valence-corrected chi connectivity index (χ1v) is 10.9. The topological polar surface area (TPSA) is 35.5 Å². The van der Waals surface area contributed by atoms with E-state index < -0.39 is 8.32 Å². The number of rotatable bonds is 4. The van der Waals surface area contributed by atoms with E-state index in [2.05, 4.69) is 33.9 Å². The third-order valence-electron chi connectivity index (χ3n) is 5.51. The maximum Gasteiger partial charge on any atom is 0.309 e. The van der Waals surface area contributed by atoms with E-state index in [0.717, 1.165) is 19.3 Å². The molecule has 0 saturated heterocycles. The maximum absolute atomic E-state index is 11.9. The van der Waals surface area contributed by atoms with Crippen molar-refractivity contribution in [2.24, 2.45) is 17.8 Å². The number of fused-ring (bicyclic) bond motifs is 1. The van der Waals surface area contributed by atoms with Gasteiger partial charge in [0, 0.05) is 6.10 Å². The Bertz CT molecular complexity index is 372. The molecule has 116 valence electrons. The van der Waals surface area contributed by atoms with E-state index in [4.69, 9.17) is 9.16 Å². The highest BCUT2D eigenvalue weighted by Gasteiger charge is 2.58. The molecule has 2 aliphatic carbocycles. The van der Waals surface area contributed by atoms with Crippen molar-refractivity contribution in [1.82, 2.24) is 0 Å². The molecule has 4 atom stereocenters. The average molecular weight is 298 g/mol. The summed E-state index contributed by atoms with van der Waals surface area (Å²) in [6.07, 6.45) is 3.66. The van der Waals surface area contributed by atoms with Gasteiger partial charge < -0.3 is 9.16 Å². The van der Waals surface area contributed by atoms with Crippen molar-refractivity contribution in [2.45, 2.75) is 71.2 Å². The van der Waals surface area contributed by atoms with Crippen molar-refractivity contribution in [3.05, 3.63) is 0 Å². The predicted molar refractivity (Wildman–Crippen MR) is 83.0 cm³/mol. The second-order valence-corrected chi connectivity index (χ2v) is 12.7. The van der Waals surface area contributed by atoms with Gasteiger partial charge in [-0.3, -0.25) is 4.79 Å². The van der Waals surface area contributed by atoms with Crippen LogP contribution in [0.2, 0.25) is 18.1 Å². The Morgan fingerprint density at radius 2 is 1.85 bits per heavy atom. The molecule has 4 unspecified atom stereocenters. The lowest BCUT2D eigenvalue weighted by molar-refractivity contribution is -0.145. The Morgan fingerprint density at radius 3 is 2.40 bits per heavy atom. The molecule has 0 aromatic carbocycles. The number of hydrogen-bond donors (Lipinski definition) is 0. The molecular formula is C16H30O3Si. The largest absolute Gasteiger partial charge is 0.466 e. The number of hydrogen-bond acceptors (Lipinski definition) is 3. The molecule has 0 amide bonds. The molecule has 0 aromatic heterocycles. The highest BCUT2D eigenvalue weighted by atomic mass is 28.4. The highest BCUT2D eigenvalue weighted by Crippen LogP contribution is 2.57. The third-order valence-corrected chi connectivity index (χ3v) is 10.0. The molecule has 2 saturated carbocycles. The number of esters is 1.